The molecule has 0 saturated carbocycles. The minimum absolute atomic E-state index is 0.253. The zero-order valence-electron chi connectivity index (χ0n) is 17.9. The van der Waals surface area contributed by atoms with Crippen LogP contribution in [0.5, 0.6) is 5.88 Å². The van der Waals surface area contributed by atoms with Crippen LogP contribution in [0.3, 0.4) is 0 Å². The highest BCUT2D eigenvalue weighted by atomic mass is 35.5. The molecule has 3 aromatic heterocycles. The zero-order chi connectivity index (χ0) is 22.9. The lowest BCUT2D eigenvalue weighted by Gasteiger charge is -2.31. The zero-order valence-corrected chi connectivity index (χ0v) is 19.5. The summed E-state index contributed by atoms with van der Waals surface area (Å²) in [6.07, 6.45) is 9.51. The van der Waals surface area contributed by atoms with Crippen LogP contribution < -0.4 is 10.1 Å². The molecular weight excluding hydrogens is 462 g/mol. The molecule has 5 heterocycles. The minimum Gasteiger partial charge on any atom is -0.480 e. The maximum Gasteiger partial charge on any atom is 0.274 e. The van der Waals surface area contributed by atoms with Gasteiger partial charge in [-0.3, -0.25) is 9.80 Å². The number of carbonyl (C=O) groups is 1. The molecule has 0 aromatic carbocycles. The molecule has 168 valence electrons. The number of methoxy groups -OCH3 is 1. The van der Waals surface area contributed by atoms with E-state index in [0.29, 0.717) is 23.1 Å². The molecule has 2 aliphatic heterocycles. The lowest BCUT2D eigenvalue weighted by molar-refractivity contribution is 0.0814. The summed E-state index contributed by atoms with van der Waals surface area (Å²) in [6.45, 7) is 3.41. The van der Waals surface area contributed by atoms with Gasteiger partial charge in [-0.1, -0.05) is 11.6 Å². The van der Waals surface area contributed by atoms with Crippen LogP contribution in [0.25, 0.3) is 5.82 Å². The fourth-order valence-electron chi connectivity index (χ4n) is 3.61. The van der Waals surface area contributed by atoms with Gasteiger partial charge in [0.15, 0.2) is 5.82 Å². The molecule has 0 spiro atoms. The Balaban J connectivity index is 1.42. The molecule has 33 heavy (non-hydrogen) atoms. The smallest absolute Gasteiger partial charge is 0.274 e. The fourth-order valence-corrected chi connectivity index (χ4v) is 4.43. The lowest BCUT2D eigenvalue weighted by atomic mass is 10.1. The molecule has 11 heteroatoms. The number of amides is 1. The Morgan fingerprint density at radius 1 is 1.33 bits per heavy atom. The van der Waals surface area contributed by atoms with Crippen molar-refractivity contribution < 1.29 is 9.53 Å². The number of nitrogens with one attached hydrogen (secondary N) is 1. The molecule has 2 aliphatic rings. The fraction of sp³-hybridized carbons (Fsp3) is 0.182. The Hall–Kier alpha value is -3.47. The molecule has 0 atom stereocenters. The van der Waals surface area contributed by atoms with E-state index < -0.39 is 0 Å². The van der Waals surface area contributed by atoms with E-state index in [1.165, 1.54) is 11.8 Å². The molecule has 0 radical (unpaired) electrons. The number of fused-ring (bicyclic) bond motifs is 1. The highest BCUT2D eigenvalue weighted by molar-refractivity contribution is 7.09. The van der Waals surface area contributed by atoms with E-state index in [1.807, 2.05) is 29.6 Å². The van der Waals surface area contributed by atoms with Gasteiger partial charge in [0.25, 0.3) is 5.91 Å². The molecule has 0 bridgehead atoms. The average Bonchev–Trinajstić information content (AvgIpc) is 3.55. The summed E-state index contributed by atoms with van der Waals surface area (Å²) in [7, 11) is 1.49. The van der Waals surface area contributed by atoms with Gasteiger partial charge < -0.3 is 10.1 Å². The van der Waals surface area contributed by atoms with Crippen molar-refractivity contribution in [3.05, 3.63) is 87.0 Å². The summed E-state index contributed by atoms with van der Waals surface area (Å²) >= 11 is 7.92. The van der Waals surface area contributed by atoms with Crippen LogP contribution in [0, 0.1) is 0 Å². The maximum atomic E-state index is 13.3. The molecule has 3 aromatic rings. The second-order valence-corrected chi connectivity index (χ2v) is 8.75. The first-order valence-corrected chi connectivity index (χ1v) is 11.4. The molecule has 5 rings (SSSR count). The van der Waals surface area contributed by atoms with Crippen LogP contribution in [-0.2, 0) is 6.54 Å². The van der Waals surface area contributed by atoms with Crippen molar-refractivity contribution >= 4 is 28.8 Å². The van der Waals surface area contributed by atoms with E-state index in [4.69, 9.17) is 16.3 Å². The van der Waals surface area contributed by atoms with Crippen molar-refractivity contribution in [2.45, 2.75) is 13.5 Å². The Labute approximate surface area is 199 Å². The van der Waals surface area contributed by atoms with E-state index >= 15 is 0 Å². The molecule has 0 aliphatic carbocycles. The molecule has 1 N–H and O–H groups in total. The minimum atomic E-state index is -0.357. The molecule has 0 fully saturated rings. The van der Waals surface area contributed by atoms with Gasteiger partial charge in [0, 0.05) is 36.6 Å². The Bertz CT molecular complexity index is 1300. The number of nitrogens with zero attached hydrogens (tertiary/aromatic N) is 6. The quantitative estimate of drug-likeness (QED) is 0.576. The van der Waals surface area contributed by atoms with Crippen LogP contribution in [0.4, 0.5) is 0 Å². The second kappa shape index (κ2) is 8.81. The van der Waals surface area contributed by atoms with Crippen LogP contribution in [-0.4, -0.2) is 49.3 Å². The topological polar surface area (TPSA) is 88.4 Å². The number of hydrazine groups is 1. The van der Waals surface area contributed by atoms with E-state index in [1.54, 1.807) is 41.9 Å². The van der Waals surface area contributed by atoms with Gasteiger partial charge in [0.2, 0.25) is 5.88 Å². The number of carbonyl (C=O) groups excluding carboxylic acids is 1. The van der Waals surface area contributed by atoms with Gasteiger partial charge >= 0.3 is 0 Å². The van der Waals surface area contributed by atoms with E-state index in [2.05, 4.69) is 31.5 Å². The van der Waals surface area contributed by atoms with Crippen molar-refractivity contribution in [2.24, 2.45) is 0 Å². The van der Waals surface area contributed by atoms with E-state index in [9.17, 15) is 4.79 Å². The number of hydrogen-bond donors (Lipinski definition) is 1. The van der Waals surface area contributed by atoms with E-state index in [0.717, 1.165) is 22.8 Å². The molecule has 0 unspecified atom stereocenters. The third kappa shape index (κ3) is 4.15. The highest BCUT2D eigenvalue weighted by Gasteiger charge is 2.27. The third-order valence-electron chi connectivity index (χ3n) is 5.24. The average molecular weight is 482 g/mol. The predicted molar refractivity (Wildman–Crippen MR) is 125 cm³/mol. The number of allylic oxidation sites excluding steroid dienone is 2. The predicted octanol–water partition coefficient (Wildman–Crippen LogP) is 3.53. The van der Waals surface area contributed by atoms with Gasteiger partial charge in [-0.15, -0.1) is 16.4 Å². The van der Waals surface area contributed by atoms with Crippen LogP contribution >= 0.6 is 22.9 Å². The largest absolute Gasteiger partial charge is 0.480 e. The maximum absolute atomic E-state index is 13.3. The number of pyridine rings is 1. The van der Waals surface area contributed by atoms with E-state index in [-0.39, 0.29) is 17.5 Å². The lowest BCUT2D eigenvalue weighted by Crippen LogP contribution is -2.36. The first-order chi connectivity index (χ1) is 16.0. The number of aromatic nitrogens is 4. The van der Waals surface area contributed by atoms with Crippen LogP contribution in [0.1, 0.15) is 22.4 Å². The van der Waals surface area contributed by atoms with Crippen LogP contribution in [0.15, 0.2) is 71.3 Å². The van der Waals surface area contributed by atoms with Crippen molar-refractivity contribution in [3.8, 4) is 11.7 Å². The second-order valence-electron chi connectivity index (χ2n) is 7.36. The SMILES string of the molecule is COc1cc(C(=O)NC2=CN3C(=CCN3Cc3nccs3)C=C2C)n(-c2ncccc2Cl)n1. The molecule has 1 amide bonds. The van der Waals surface area contributed by atoms with Gasteiger partial charge in [0.1, 0.15) is 10.7 Å². The first-order valence-electron chi connectivity index (χ1n) is 10.1. The third-order valence-corrected chi connectivity index (χ3v) is 6.30. The van der Waals surface area contributed by atoms with Crippen molar-refractivity contribution in [2.75, 3.05) is 13.7 Å². The first kappa shape index (κ1) is 21.4. The monoisotopic (exact) mass is 481 g/mol. The summed E-state index contributed by atoms with van der Waals surface area (Å²) in [5.74, 6) is 0.271. The van der Waals surface area contributed by atoms with Gasteiger partial charge in [0.05, 0.1) is 30.1 Å². The van der Waals surface area contributed by atoms with Crippen molar-refractivity contribution in [1.82, 2.24) is 35.1 Å². The molecule has 9 nitrogen and oxygen atoms in total. The standard InChI is InChI=1S/C22H20ClN7O2S/c1-14-10-15-5-8-28(13-20-24-7-9-33-20)29(15)12-17(14)26-22(31)18-11-19(32-2)27-30(18)21-16(23)4-3-6-25-21/h3-7,9-12H,8,13H2,1-2H3,(H,26,31). The number of thiazole rings is 1. The Morgan fingerprint density at radius 3 is 2.97 bits per heavy atom. The van der Waals surface area contributed by atoms with Gasteiger partial charge in [-0.05, 0) is 36.8 Å². The Kier molecular flexibility index (Phi) is 5.71. The summed E-state index contributed by atoms with van der Waals surface area (Å²) in [5.41, 5.74) is 2.94. The summed E-state index contributed by atoms with van der Waals surface area (Å²) < 4.78 is 6.63. The normalized spacial score (nSPS) is 15.6. The van der Waals surface area contributed by atoms with Gasteiger partial charge in [-0.2, -0.15) is 0 Å². The van der Waals surface area contributed by atoms with Crippen molar-refractivity contribution in [1.29, 1.82) is 0 Å². The molecule has 0 saturated heterocycles. The number of halogens is 1. The summed E-state index contributed by atoms with van der Waals surface area (Å²) in [6, 6.07) is 4.96. The summed E-state index contributed by atoms with van der Waals surface area (Å²) in [5, 5.41) is 14.9. The number of ether oxygens (including phenoxy) is 1. The number of rotatable bonds is 6. The van der Waals surface area contributed by atoms with Crippen molar-refractivity contribution in [3.63, 3.8) is 0 Å². The summed E-state index contributed by atoms with van der Waals surface area (Å²) in [4.78, 5) is 21.9. The highest BCUT2D eigenvalue weighted by Crippen LogP contribution is 2.29. The van der Waals surface area contributed by atoms with Gasteiger partial charge in [-0.25, -0.2) is 19.7 Å². The van der Waals surface area contributed by atoms with Crippen LogP contribution in [0.2, 0.25) is 5.02 Å². The molecular formula is C22H20ClN7O2S. The number of hydrogen-bond acceptors (Lipinski definition) is 8. The Morgan fingerprint density at radius 2 is 2.21 bits per heavy atom.